The van der Waals surface area contributed by atoms with Gasteiger partial charge in [-0.05, 0) is 0 Å². The highest BCUT2D eigenvalue weighted by Crippen LogP contribution is 2.48. The van der Waals surface area contributed by atoms with Gasteiger partial charge in [-0.25, -0.2) is 0 Å². The number of aromatic hydroxyl groups is 1. The number of phenolic OH excluding ortho intramolecular Hbond substituents is 1. The lowest BCUT2D eigenvalue weighted by molar-refractivity contribution is 0.324. The minimum atomic E-state index is -0.320. The van der Waals surface area contributed by atoms with E-state index in [-0.39, 0.29) is 29.9 Å². The Morgan fingerprint density at radius 3 is 2.69 bits per heavy atom. The van der Waals surface area contributed by atoms with E-state index >= 15 is 0 Å². The molecule has 0 amide bonds. The topological polar surface area (TPSA) is 73.9 Å². The van der Waals surface area contributed by atoms with E-state index in [1.807, 2.05) is 0 Å². The van der Waals surface area contributed by atoms with Crippen molar-refractivity contribution in [2.75, 3.05) is 20.8 Å². The van der Waals surface area contributed by atoms with Crippen molar-refractivity contribution < 1.29 is 19.3 Å². The SMILES string of the molecule is COc1cc2c(c(O)c1OC)C(N)CO2.Cl. The maximum absolute atomic E-state index is 9.93. The summed E-state index contributed by atoms with van der Waals surface area (Å²) in [5, 5.41) is 9.93. The first-order valence-electron chi connectivity index (χ1n) is 4.55. The van der Waals surface area contributed by atoms with Crippen molar-refractivity contribution in [3.8, 4) is 23.0 Å². The van der Waals surface area contributed by atoms with E-state index in [2.05, 4.69) is 0 Å². The quantitative estimate of drug-likeness (QED) is 0.822. The fourth-order valence-electron chi connectivity index (χ4n) is 1.71. The third kappa shape index (κ3) is 1.72. The summed E-state index contributed by atoms with van der Waals surface area (Å²) < 4.78 is 15.4. The van der Waals surface area contributed by atoms with Gasteiger partial charge in [-0.2, -0.15) is 0 Å². The van der Waals surface area contributed by atoms with Crippen LogP contribution in [0.5, 0.6) is 23.0 Å². The second-order valence-corrected chi connectivity index (χ2v) is 3.29. The molecule has 0 fully saturated rings. The van der Waals surface area contributed by atoms with Gasteiger partial charge in [-0.15, -0.1) is 12.4 Å². The number of nitrogens with two attached hydrogens (primary N) is 1. The van der Waals surface area contributed by atoms with Crippen molar-refractivity contribution in [1.82, 2.24) is 0 Å². The van der Waals surface area contributed by atoms with E-state index in [0.717, 1.165) is 0 Å². The lowest BCUT2D eigenvalue weighted by Crippen LogP contribution is -2.11. The maximum Gasteiger partial charge on any atom is 0.203 e. The summed E-state index contributed by atoms with van der Waals surface area (Å²) >= 11 is 0. The molecule has 1 unspecified atom stereocenters. The molecule has 1 atom stereocenters. The average molecular weight is 248 g/mol. The Bertz CT molecular complexity index is 396. The van der Waals surface area contributed by atoms with Gasteiger partial charge >= 0.3 is 0 Å². The molecule has 0 saturated heterocycles. The molecule has 16 heavy (non-hydrogen) atoms. The van der Waals surface area contributed by atoms with E-state index in [1.165, 1.54) is 14.2 Å². The fraction of sp³-hybridized carbons (Fsp3) is 0.400. The van der Waals surface area contributed by atoms with Crippen molar-refractivity contribution in [1.29, 1.82) is 0 Å². The molecular weight excluding hydrogens is 234 g/mol. The number of phenols is 1. The number of benzene rings is 1. The monoisotopic (exact) mass is 247 g/mol. The number of rotatable bonds is 2. The van der Waals surface area contributed by atoms with E-state index in [1.54, 1.807) is 6.07 Å². The van der Waals surface area contributed by atoms with Crippen molar-refractivity contribution in [2.24, 2.45) is 5.73 Å². The van der Waals surface area contributed by atoms with Crippen molar-refractivity contribution in [3.05, 3.63) is 11.6 Å². The molecule has 1 heterocycles. The third-order valence-electron chi connectivity index (χ3n) is 2.43. The number of hydrogen-bond donors (Lipinski definition) is 2. The normalized spacial score (nSPS) is 17.1. The molecule has 6 heteroatoms. The highest BCUT2D eigenvalue weighted by Gasteiger charge is 2.29. The highest BCUT2D eigenvalue weighted by atomic mass is 35.5. The number of halogens is 1. The summed E-state index contributed by atoms with van der Waals surface area (Å²) in [6.45, 7) is 0.360. The molecule has 2 rings (SSSR count). The zero-order valence-electron chi connectivity index (χ0n) is 9.02. The molecule has 0 saturated carbocycles. The highest BCUT2D eigenvalue weighted by molar-refractivity contribution is 5.85. The molecule has 0 spiro atoms. The molecule has 0 aliphatic carbocycles. The Balaban J connectivity index is 0.00000128. The minimum Gasteiger partial charge on any atom is -0.504 e. The van der Waals surface area contributed by atoms with Gasteiger partial charge in [-0.3, -0.25) is 0 Å². The predicted octanol–water partition coefficient (Wildman–Crippen LogP) is 1.22. The van der Waals surface area contributed by atoms with Crippen molar-refractivity contribution >= 4 is 12.4 Å². The van der Waals surface area contributed by atoms with Crippen LogP contribution < -0.4 is 19.9 Å². The largest absolute Gasteiger partial charge is 0.504 e. The number of ether oxygens (including phenoxy) is 3. The van der Waals surface area contributed by atoms with Crippen LogP contribution in [0.2, 0.25) is 0 Å². The first-order chi connectivity index (χ1) is 7.19. The third-order valence-corrected chi connectivity index (χ3v) is 2.43. The van der Waals surface area contributed by atoms with Gasteiger partial charge in [-0.1, -0.05) is 0 Å². The molecule has 0 bridgehead atoms. The first-order valence-corrected chi connectivity index (χ1v) is 4.55. The first kappa shape index (κ1) is 12.7. The standard InChI is InChI=1S/C10H13NO4.ClH/c1-13-7-3-6-8(5(11)4-15-6)9(12)10(7)14-2;/h3,5,12H,4,11H2,1-2H3;1H. The van der Waals surface area contributed by atoms with Crippen molar-refractivity contribution in [2.45, 2.75) is 6.04 Å². The smallest absolute Gasteiger partial charge is 0.203 e. The average Bonchev–Trinajstić information content (AvgIpc) is 2.60. The minimum absolute atomic E-state index is 0. The van der Waals surface area contributed by atoms with Crippen LogP contribution in [-0.4, -0.2) is 25.9 Å². The summed E-state index contributed by atoms with van der Waals surface area (Å²) in [6.07, 6.45) is 0. The van der Waals surface area contributed by atoms with Gasteiger partial charge in [0, 0.05) is 6.07 Å². The zero-order valence-corrected chi connectivity index (χ0v) is 9.84. The van der Waals surface area contributed by atoms with Crippen LogP contribution >= 0.6 is 12.4 Å². The summed E-state index contributed by atoms with van der Waals surface area (Å²) in [5.74, 6) is 1.27. The maximum atomic E-state index is 9.93. The molecule has 3 N–H and O–H groups in total. The molecule has 90 valence electrons. The molecule has 1 aromatic carbocycles. The van der Waals surface area contributed by atoms with E-state index in [4.69, 9.17) is 19.9 Å². The van der Waals surface area contributed by atoms with Crippen LogP contribution in [0, 0.1) is 0 Å². The lowest BCUT2D eigenvalue weighted by atomic mass is 10.1. The summed E-state index contributed by atoms with van der Waals surface area (Å²) in [6, 6.07) is 1.35. The summed E-state index contributed by atoms with van der Waals surface area (Å²) in [5.41, 5.74) is 6.36. The van der Waals surface area contributed by atoms with Crippen LogP contribution in [0.15, 0.2) is 6.07 Å². The molecule has 0 radical (unpaired) electrons. The molecular formula is C10H14ClNO4. The van der Waals surface area contributed by atoms with E-state index in [0.29, 0.717) is 23.7 Å². The van der Waals surface area contributed by atoms with Gasteiger partial charge in [0.25, 0.3) is 0 Å². The van der Waals surface area contributed by atoms with Crippen LogP contribution in [0.3, 0.4) is 0 Å². The molecule has 0 aromatic heterocycles. The van der Waals surface area contributed by atoms with Crippen molar-refractivity contribution in [3.63, 3.8) is 0 Å². The van der Waals surface area contributed by atoms with E-state index < -0.39 is 0 Å². The Labute approximate surface area is 99.5 Å². The fourth-order valence-corrected chi connectivity index (χ4v) is 1.71. The van der Waals surface area contributed by atoms with Crippen LogP contribution in [-0.2, 0) is 0 Å². The Hall–Kier alpha value is -1.33. The number of fused-ring (bicyclic) bond motifs is 1. The Morgan fingerprint density at radius 1 is 1.44 bits per heavy atom. The van der Waals surface area contributed by atoms with Gasteiger partial charge in [0.15, 0.2) is 11.5 Å². The van der Waals surface area contributed by atoms with Crippen LogP contribution in [0.1, 0.15) is 11.6 Å². The Kier molecular flexibility index (Phi) is 3.72. The van der Waals surface area contributed by atoms with Gasteiger partial charge in [0.05, 0.1) is 25.8 Å². The van der Waals surface area contributed by atoms with Crippen LogP contribution in [0.25, 0.3) is 0 Å². The predicted molar refractivity (Wildman–Crippen MR) is 60.9 cm³/mol. The lowest BCUT2D eigenvalue weighted by Gasteiger charge is -2.12. The van der Waals surface area contributed by atoms with Gasteiger partial charge in [0.1, 0.15) is 12.4 Å². The summed E-state index contributed by atoms with van der Waals surface area (Å²) in [4.78, 5) is 0. The number of methoxy groups -OCH3 is 2. The second kappa shape index (κ2) is 4.67. The summed E-state index contributed by atoms with van der Waals surface area (Å²) in [7, 11) is 2.96. The second-order valence-electron chi connectivity index (χ2n) is 3.29. The number of hydrogen-bond acceptors (Lipinski definition) is 5. The molecule has 1 aromatic rings. The van der Waals surface area contributed by atoms with Crippen LogP contribution in [0.4, 0.5) is 0 Å². The zero-order chi connectivity index (χ0) is 11.0. The van der Waals surface area contributed by atoms with Gasteiger partial charge < -0.3 is 25.1 Å². The molecule has 5 nitrogen and oxygen atoms in total. The molecule has 1 aliphatic rings. The molecule has 1 aliphatic heterocycles. The van der Waals surface area contributed by atoms with E-state index in [9.17, 15) is 5.11 Å². The van der Waals surface area contributed by atoms with Gasteiger partial charge in [0.2, 0.25) is 5.75 Å². The Morgan fingerprint density at radius 2 is 2.12 bits per heavy atom.